The lowest BCUT2D eigenvalue weighted by molar-refractivity contribution is -0.120. The molecule has 7 heteroatoms. The summed E-state index contributed by atoms with van der Waals surface area (Å²) in [7, 11) is 0. The van der Waals surface area contributed by atoms with Crippen molar-refractivity contribution in [3.8, 4) is 0 Å². The van der Waals surface area contributed by atoms with Crippen LogP contribution in [0.1, 0.15) is 29.5 Å². The van der Waals surface area contributed by atoms with Crippen molar-refractivity contribution in [3.63, 3.8) is 0 Å². The van der Waals surface area contributed by atoms with Gasteiger partial charge in [-0.3, -0.25) is 9.59 Å². The molecule has 1 fully saturated rings. The highest BCUT2D eigenvalue weighted by Gasteiger charge is 2.43. The van der Waals surface area contributed by atoms with Crippen molar-refractivity contribution in [1.82, 2.24) is 4.90 Å². The Hall–Kier alpha value is -2.34. The van der Waals surface area contributed by atoms with Crippen LogP contribution in [0.4, 0.5) is 5.69 Å². The number of aryl methyl sites for hydroxylation is 2. The monoisotopic (exact) mass is 458 g/mol. The molecule has 2 heterocycles. The van der Waals surface area contributed by atoms with Gasteiger partial charge in [0.25, 0.3) is 11.8 Å². The molecule has 2 aliphatic heterocycles. The Bertz CT molecular complexity index is 1100. The molecule has 31 heavy (non-hydrogen) atoms. The number of benzene rings is 2. The molecule has 0 radical (unpaired) electrons. The normalized spacial score (nSPS) is 19.6. The van der Waals surface area contributed by atoms with Gasteiger partial charge in [-0.1, -0.05) is 41.4 Å². The summed E-state index contributed by atoms with van der Waals surface area (Å²) in [6.07, 6.45) is 1.75. The fourth-order valence-corrected chi connectivity index (χ4v) is 4.54. The number of hydrogen-bond donors (Lipinski definition) is 1. The van der Waals surface area contributed by atoms with E-state index in [1.54, 1.807) is 12.1 Å². The van der Waals surface area contributed by atoms with E-state index >= 15 is 0 Å². The first kappa shape index (κ1) is 21.9. The summed E-state index contributed by atoms with van der Waals surface area (Å²) in [5.74, 6) is -0.688. The third-order valence-electron chi connectivity index (χ3n) is 6.11. The van der Waals surface area contributed by atoms with Gasteiger partial charge in [0.2, 0.25) is 0 Å². The van der Waals surface area contributed by atoms with Crippen molar-refractivity contribution in [2.24, 2.45) is 5.92 Å². The number of rotatable bonds is 4. The van der Waals surface area contributed by atoms with Crippen LogP contribution in [0.15, 0.2) is 42.1 Å². The lowest BCUT2D eigenvalue weighted by Gasteiger charge is -2.34. The number of piperidine rings is 1. The fraction of sp³-hybridized carbons (Fsp3) is 0.333. The van der Waals surface area contributed by atoms with E-state index in [4.69, 9.17) is 23.2 Å². The maximum Gasteiger partial charge on any atom is 0.282 e. The Morgan fingerprint density at radius 2 is 1.77 bits per heavy atom. The van der Waals surface area contributed by atoms with Gasteiger partial charge >= 0.3 is 0 Å². The van der Waals surface area contributed by atoms with E-state index in [1.807, 2.05) is 36.9 Å². The Morgan fingerprint density at radius 3 is 2.45 bits per heavy atom. The minimum atomic E-state index is -0.382. The Morgan fingerprint density at radius 1 is 1.00 bits per heavy atom. The molecular weight excluding hydrogens is 435 g/mol. The number of hydrogen-bond acceptors (Lipinski definition) is 4. The van der Waals surface area contributed by atoms with Crippen LogP contribution in [-0.4, -0.2) is 41.5 Å². The topological polar surface area (TPSA) is 60.9 Å². The number of halogens is 2. The highest BCUT2D eigenvalue weighted by atomic mass is 35.5. The van der Waals surface area contributed by atoms with Crippen molar-refractivity contribution in [1.29, 1.82) is 0 Å². The molecule has 1 unspecified atom stereocenters. The maximum absolute atomic E-state index is 13.6. The average molecular weight is 459 g/mol. The molecule has 0 aromatic heterocycles. The first-order valence-electron chi connectivity index (χ1n) is 10.3. The first-order chi connectivity index (χ1) is 14.8. The molecule has 2 aromatic carbocycles. The largest absolute Gasteiger partial charge is 0.396 e. The zero-order valence-corrected chi connectivity index (χ0v) is 19.0. The van der Waals surface area contributed by atoms with E-state index in [2.05, 4.69) is 0 Å². The summed E-state index contributed by atoms with van der Waals surface area (Å²) in [6, 6.07) is 10.5. The van der Waals surface area contributed by atoms with Crippen LogP contribution in [0, 0.1) is 19.8 Å². The van der Waals surface area contributed by atoms with E-state index in [0.717, 1.165) is 24.0 Å². The molecule has 5 nitrogen and oxygen atoms in total. The van der Waals surface area contributed by atoms with E-state index in [-0.39, 0.29) is 29.4 Å². The van der Waals surface area contributed by atoms with Crippen molar-refractivity contribution >= 4 is 46.3 Å². The van der Waals surface area contributed by atoms with Gasteiger partial charge in [-0.2, -0.15) is 0 Å². The minimum Gasteiger partial charge on any atom is -0.396 e. The van der Waals surface area contributed by atoms with Crippen molar-refractivity contribution < 1.29 is 14.7 Å². The average Bonchev–Trinajstić information content (AvgIpc) is 3.02. The summed E-state index contributed by atoms with van der Waals surface area (Å²) >= 11 is 12.2. The first-order valence-corrected chi connectivity index (χ1v) is 11.1. The molecule has 2 aliphatic rings. The van der Waals surface area contributed by atoms with Crippen LogP contribution in [0.3, 0.4) is 0 Å². The highest BCUT2D eigenvalue weighted by molar-refractivity contribution is 6.46. The second-order valence-electron chi connectivity index (χ2n) is 8.20. The van der Waals surface area contributed by atoms with Crippen LogP contribution in [0.25, 0.3) is 5.57 Å². The summed E-state index contributed by atoms with van der Waals surface area (Å²) in [5.41, 5.74) is 4.03. The van der Waals surface area contributed by atoms with E-state index in [9.17, 15) is 14.7 Å². The Balaban J connectivity index is 1.84. The van der Waals surface area contributed by atoms with E-state index < -0.39 is 0 Å². The zero-order chi connectivity index (χ0) is 22.3. The molecule has 0 saturated carbocycles. The molecule has 1 saturated heterocycles. The fourth-order valence-electron chi connectivity index (χ4n) is 4.24. The molecule has 0 aliphatic carbocycles. The predicted molar refractivity (Wildman–Crippen MR) is 123 cm³/mol. The van der Waals surface area contributed by atoms with E-state index in [0.29, 0.717) is 40.6 Å². The minimum absolute atomic E-state index is 0.0569. The number of nitrogens with zero attached hydrogens (tertiary/aromatic N) is 2. The molecule has 162 valence electrons. The second-order valence-corrected chi connectivity index (χ2v) is 9.02. The number of aliphatic hydroxyl groups is 1. The van der Waals surface area contributed by atoms with Crippen LogP contribution in [-0.2, 0) is 9.59 Å². The number of likely N-dealkylation sites (tertiary alicyclic amines) is 1. The molecule has 2 aromatic rings. The van der Waals surface area contributed by atoms with Crippen LogP contribution in [0.5, 0.6) is 0 Å². The lowest BCUT2D eigenvalue weighted by atomic mass is 9.96. The maximum atomic E-state index is 13.6. The Labute approximate surface area is 191 Å². The molecule has 2 amide bonds. The highest BCUT2D eigenvalue weighted by Crippen LogP contribution is 2.38. The van der Waals surface area contributed by atoms with Crippen molar-refractivity contribution in [2.75, 3.05) is 24.6 Å². The number of carbonyl (C=O) groups is 2. The van der Waals surface area contributed by atoms with Crippen LogP contribution in [0.2, 0.25) is 10.0 Å². The van der Waals surface area contributed by atoms with Crippen molar-refractivity contribution in [2.45, 2.75) is 26.7 Å². The second kappa shape index (κ2) is 8.65. The van der Waals surface area contributed by atoms with Crippen LogP contribution < -0.4 is 4.90 Å². The van der Waals surface area contributed by atoms with Gasteiger partial charge < -0.3 is 10.0 Å². The van der Waals surface area contributed by atoms with Gasteiger partial charge in [-0.05, 0) is 67.5 Å². The number of amides is 2. The standard InChI is InChI=1S/C24H24Cl2N2O3/c1-14-5-6-17(10-15(14)2)21-22(27-9-3-4-16(12-27)13-29)24(31)28(23(21)30)18-7-8-19(25)20(26)11-18/h5-8,10-11,16,29H,3-4,9,12-13H2,1-2H3. The van der Waals surface area contributed by atoms with Crippen LogP contribution >= 0.6 is 23.2 Å². The van der Waals surface area contributed by atoms with Gasteiger partial charge in [0.1, 0.15) is 5.70 Å². The van der Waals surface area contributed by atoms with Gasteiger partial charge in [0, 0.05) is 19.7 Å². The smallest absolute Gasteiger partial charge is 0.282 e. The lowest BCUT2D eigenvalue weighted by Crippen LogP contribution is -2.40. The van der Waals surface area contributed by atoms with Gasteiger partial charge in [-0.15, -0.1) is 0 Å². The molecule has 1 N–H and O–H groups in total. The SMILES string of the molecule is Cc1ccc(C2=C(N3CCCC(CO)C3)C(=O)N(c3ccc(Cl)c(Cl)c3)C2=O)cc1C. The number of aliphatic hydroxyl groups excluding tert-OH is 1. The summed E-state index contributed by atoms with van der Waals surface area (Å²) in [6.45, 7) is 5.25. The predicted octanol–water partition coefficient (Wildman–Crippen LogP) is 4.60. The van der Waals surface area contributed by atoms with Gasteiger partial charge in [0.05, 0.1) is 21.3 Å². The zero-order valence-electron chi connectivity index (χ0n) is 17.5. The summed E-state index contributed by atoms with van der Waals surface area (Å²) in [4.78, 5) is 30.3. The number of carbonyl (C=O) groups excluding carboxylic acids is 2. The third kappa shape index (κ3) is 3.98. The Kier molecular flexibility index (Phi) is 6.11. The molecule has 1 atom stereocenters. The van der Waals surface area contributed by atoms with Gasteiger partial charge in [-0.25, -0.2) is 4.90 Å². The molecule has 4 rings (SSSR count). The summed E-state index contributed by atoms with van der Waals surface area (Å²) in [5, 5.41) is 10.3. The molecule has 0 bridgehead atoms. The number of imide groups is 1. The third-order valence-corrected chi connectivity index (χ3v) is 6.85. The number of anilines is 1. The molecular formula is C24H24Cl2N2O3. The quantitative estimate of drug-likeness (QED) is 0.680. The summed E-state index contributed by atoms with van der Waals surface area (Å²) < 4.78 is 0. The van der Waals surface area contributed by atoms with Crippen molar-refractivity contribution in [3.05, 3.63) is 68.8 Å². The van der Waals surface area contributed by atoms with Gasteiger partial charge in [0.15, 0.2) is 0 Å². The van der Waals surface area contributed by atoms with E-state index in [1.165, 1.54) is 11.0 Å². The molecule has 0 spiro atoms.